The Morgan fingerprint density at radius 1 is 1.37 bits per heavy atom. The van der Waals surface area contributed by atoms with E-state index in [0.717, 1.165) is 5.56 Å². The minimum Gasteiger partial charge on any atom is -0.711 e. The summed E-state index contributed by atoms with van der Waals surface area (Å²) >= 11 is 0. The van der Waals surface area contributed by atoms with Crippen molar-refractivity contribution in [2.75, 3.05) is 0 Å². The van der Waals surface area contributed by atoms with Crippen molar-refractivity contribution in [3.8, 4) is 0 Å². The summed E-state index contributed by atoms with van der Waals surface area (Å²) in [4.78, 5) is 11.4. The molecule has 0 fully saturated rings. The van der Waals surface area contributed by atoms with E-state index in [1.807, 2.05) is 30.3 Å². The lowest BCUT2D eigenvalue weighted by atomic mass is 10.1. The minimum atomic E-state index is -0.942. The van der Waals surface area contributed by atoms with Crippen LogP contribution < -0.4 is 4.73 Å². The van der Waals surface area contributed by atoms with E-state index in [-0.39, 0.29) is 0 Å². The molecule has 100 valence electrons. The van der Waals surface area contributed by atoms with Crippen molar-refractivity contribution in [2.45, 2.75) is 26.3 Å². The molecule has 1 N–H and O–H groups in total. The number of hydrogen-bond donors (Lipinski definition) is 1. The smallest absolute Gasteiger partial charge is 0.349 e. The zero-order valence-corrected chi connectivity index (χ0v) is 10.9. The molecule has 2 aromatic rings. The topological polar surface area (TPSA) is 69.2 Å². The van der Waals surface area contributed by atoms with Gasteiger partial charge in [-0.05, 0) is 5.56 Å². The number of carboxylic acids is 1. The Morgan fingerprint density at radius 2 is 2.00 bits per heavy atom. The van der Waals surface area contributed by atoms with Gasteiger partial charge in [0.2, 0.25) is 12.4 Å². The summed E-state index contributed by atoms with van der Waals surface area (Å²) in [5.41, 5.74) is 2.13. The Bertz CT molecular complexity index is 590. The summed E-state index contributed by atoms with van der Waals surface area (Å²) in [5, 5.41) is 20.9. The van der Waals surface area contributed by atoms with Crippen molar-refractivity contribution in [3.63, 3.8) is 0 Å². The van der Waals surface area contributed by atoms with Crippen molar-refractivity contribution >= 4 is 5.97 Å². The van der Waals surface area contributed by atoms with Crippen LogP contribution in [0.15, 0.2) is 36.7 Å². The third-order valence-corrected chi connectivity index (χ3v) is 3.36. The van der Waals surface area contributed by atoms with E-state index in [9.17, 15) is 15.1 Å². The quantitative estimate of drug-likeness (QED) is 0.670. The second-order valence-electron chi connectivity index (χ2n) is 4.56. The fourth-order valence-corrected chi connectivity index (χ4v) is 2.09. The van der Waals surface area contributed by atoms with Crippen LogP contribution in [0.2, 0.25) is 0 Å². The van der Waals surface area contributed by atoms with E-state index in [0.29, 0.717) is 22.5 Å². The normalized spacial score (nSPS) is 12.3. The molecule has 0 spiro atoms. The lowest BCUT2D eigenvalue weighted by Gasteiger charge is -2.10. The molecule has 1 heterocycles. The average Bonchev–Trinajstić information content (AvgIpc) is 2.64. The third kappa shape index (κ3) is 2.59. The van der Waals surface area contributed by atoms with E-state index >= 15 is 0 Å². The van der Waals surface area contributed by atoms with Crippen molar-refractivity contribution in [3.05, 3.63) is 58.8 Å². The van der Waals surface area contributed by atoms with Gasteiger partial charge in [-0.25, -0.2) is 14.1 Å². The first-order valence-electron chi connectivity index (χ1n) is 6.04. The molecule has 0 aliphatic heterocycles. The van der Waals surface area contributed by atoms with Crippen molar-refractivity contribution < 1.29 is 14.6 Å². The first-order valence-corrected chi connectivity index (χ1v) is 6.04. The number of aliphatic carboxylic acids is 1. The monoisotopic (exact) mass is 260 g/mol. The maximum atomic E-state index is 11.5. The molecule has 1 aromatic carbocycles. The first kappa shape index (κ1) is 13.1. The summed E-state index contributed by atoms with van der Waals surface area (Å²) in [6.07, 6.45) is 1.65. The van der Waals surface area contributed by atoms with Gasteiger partial charge in [-0.2, -0.15) is 0 Å². The lowest BCUT2D eigenvalue weighted by molar-refractivity contribution is -0.611. The van der Waals surface area contributed by atoms with E-state index in [2.05, 4.69) is 0 Å². The van der Waals surface area contributed by atoms with Gasteiger partial charge in [0.25, 0.3) is 0 Å². The van der Waals surface area contributed by atoms with Crippen LogP contribution >= 0.6 is 0 Å². The van der Waals surface area contributed by atoms with Gasteiger partial charge in [0.1, 0.15) is 11.4 Å². The number of nitrogens with zero attached hydrogens (tertiary/aromatic N) is 2. The molecule has 1 aromatic heterocycles. The molecule has 19 heavy (non-hydrogen) atoms. The van der Waals surface area contributed by atoms with Crippen LogP contribution in [0, 0.1) is 19.1 Å². The second kappa shape index (κ2) is 5.14. The fraction of sp³-hybridized carbons (Fsp3) is 0.286. The highest BCUT2D eigenvalue weighted by Gasteiger charge is 2.28. The maximum Gasteiger partial charge on any atom is 0.349 e. The minimum absolute atomic E-state index is 0.352. The molecule has 0 saturated heterocycles. The molecule has 0 bridgehead atoms. The van der Waals surface area contributed by atoms with E-state index < -0.39 is 12.0 Å². The number of aromatic nitrogens is 2. The second-order valence-corrected chi connectivity index (χ2v) is 4.56. The molecule has 5 nitrogen and oxygen atoms in total. The third-order valence-electron chi connectivity index (χ3n) is 3.36. The van der Waals surface area contributed by atoms with Gasteiger partial charge in [-0.1, -0.05) is 30.3 Å². The zero-order chi connectivity index (χ0) is 14.0. The van der Waals surface area contributed by atoms with E-state index in [4.69, 9.17) is 0 Å². The molecule has 0 unspecified atom stereocenters. The van der Waals surface area contributed by atoms with Gasteiger partial charge in [0.05, 0.1) is 0 Å². The van der Waals surface area contributed by atoms with Gasteiger partial charge in [-0.3, -0.25) is 0 Å². The summed E-state index contributed by atoms with van der Waals surface area (Å²) < 4.78 is 2.23. The Balaban J connectivity index is 2.36. The molecule has 2 rings (SSSR count). The van der Waals surface area contributed by atoms with Gasteiger partial charge in [0.15, 0.2) is 0 Å². The Morgan fingerprint density at radius 3 is 2.47 bits per heavy atom. The molecule has 0 saturated carbocycles. The standard InChI is InChI=1S/C14H16N2O3/c1-10-11(2)16(19)9-15(10)13(14(17)18)8-12-6-4-3-5-7-12/h3-7,9,13H,8H2,1-2H3,(H,17,18)/t13-/m1/s1. The number of benzene rings is 1. The van der Waals surface area contributed by atoms with Crippen molar-refractivity contribution in [1.82, 2.24) is 4.57 Å². The average molecular weight is 260 g/mol. The molecule has 5 heteroatoms. The van der Waals surface area contributed by atoms with Crippen LogP contribution in [0.5, 0.6) is 0 Å². The fourth-order valence-electron chi connectivity index (χ4n) is 2.09. The Kier molecular flexibility index (Phi) is 3.55. The summed E-state index contributed by atoms with van der Waals surface area (Å²) in [6, 6.07) is 8.62. The van der Waals surface area contributed by atoms with Crippen LogP contribution in [0.4, 0.5) is 0 Å². The number of hydrogen-bond acceptors (Lipinski definition) is 2. The number of carboxylic acid groups (broad SMARTS) is 1. The number of rotatable bonds is 4. The highest BCUT2D eigenvalue weighted by Crippen LogP contribution is 2.17. The summed E-state index contributed by atoms with van der Waals surface area (Å²) in [5.74, 6) is -0.942. The molecule has 0 aliphatic carbocycles. The highest BCUT2D eigenvalue weighted by molar-refractivity contribution is 5.72. The summed E-state index contributed by atoms with van der Waals surface area (Å²) in [6.45, 7) is 3.44. The predicted octanol–water partition coefficient (Wildman–Crippen LogP) is 1.61. The molecular formula is C14H16N2O3. The zero-order valence-electron chi connectivity index (χ0n) is 10.9. The van der Waals surface area contributed by atoms with Gasteiger partial charge >= 0.3 is 5.97 Å². The Hall–Kier alpha value is -2.30. The largest absolute Gasteiger partial charge is 0.711 e. The SMILES string of the molecule is Cc1c(C)[n+]([O-])cn1[C@H](Cc1ccccc1)C(=O)O. The van der Waals surface area contributed by atoms with Crippen LogP contribution in [-0.2, 0) is 11.2 Å². The predicted molar refractivity (Wildman–Crippen MR) is 69.7 cm³/mol. The van der Waals surface area contributed by atoms with E-state index in [1.165, 1.54) is 10.9 Å². The maximum absolute atomic E-state index is 11.5. The number of imidazole rings is 1. The first-order chi connectivity index (χ1) is 9.00. The van der Waals surface area contributed by atoms with Gasteiger partial charge in [0, 0.05) is 20.3 Å². The number of carbonyl (C=O) groups is 1. The summed E-state index contributed by atoms with van der Waals surface area (Å²) in [7, 11) is 0. The molecular weight excluding hydrogens is 244 g/mol. The van der Waals surface area contributed by atoms with Crippen molar-refractivity contribution in [2.24, 2.45) is 0 Å². The molecule has 0 amide bonds. The lowest BCUT2D eigenvalue weighted by Crippen LogP contribution is -2.27. The van der Waals surface area contributed by atoms with E-state index in [1.54, 1.807) is 13.8 Å². The van der Waals surface area contributed by atoms with Crippen molar-refractivity contribution in [1.29, 1.82) is 0 Å². The van der Waals surface area contributed by atoms with Crippen LogP contribution in [-0.4, -0.2) is 15.6 Å². The van der Waals surface area contributed by atoms with Gasteiger partial charge in [-0.15, -0.1) is 0 Å². The highest BCUT2D eigenvalue weighted by atomic mass is 16.5. The molecule has 1 atom stereocenters. The van der Waals surface area contributed by atoms with Crippen LogP contribution in [0.25, 0.3) is 0 Å². The van der Waals surface area contributed by atoms with Gasteiger partial charge < -0.3 is 10.3 Å². The molecule has 0 aliphatic rings. The molecule has 0 radical (unpaired) electrons. The van der Waals surface area contributed by atoms with Crippen LogP contribution in [0.3, 0.4) is 0 Å². The van der Waals surface area contributed by atoms with Crippen LogP contribution in [0.1, 0.15) is 23.0 Å². The Labute approximate surface area is 111 Å².